The van der Waals surface area contributed by atoms with E-state index in [9.17, 15) is 4.79 Å². The van der Waals surface area contributed by atoms with Gasteiger partial charge in [0.2, 0.25) is 0 Å². The van der Waals surface area contributed by atoms with Gasteiger partial charge in [-0.1, -0.05) is 44.0 Å². The van der Waals surface area contributed by atoms with Crippen molar-refractivity contribution in [2.24, 2.45) is 0 Å². The first-order valence-electron chi connectivity index (χ1n) is 8.64. The molecule has 0 aliphatic carbocycles. The molecule has 2 aromatic rings. The smallest absolute Gasteiger partial charge is 0.186 e. The van der Waals surface area contributed by atoms with E-state index in [1.807, 2.05) is 50.2 Å². The van der Waals surface area contributed by atoms with E-state index in [-0.39, 0.29) is 14.1 Å². The summed E-state index contributed by atoms with van der Waals surface area (Å²) in [6.45, 7) is 9.01. The first-order valence-corrected chi connectivity index (χ1v) is 9.64. The summed E-state index contributed by atoms with van der Waals surface area (Å²) < 4.78 is 5.79. The highest BCUT2D eigenvalue weighted by molar-refractivity contribution is 7.66. The predicted octanol–water partition coefficient (Wildman–Crippen LogP) is 5.33. The zero-order valence-corrected chi connectivity index (χ0v) is 16.1. The summed E-state index contributed by atoms with van der Waals surface area (Å²) in [7, 11) is 0.152. The van der Waals surface area contributed by atoms with Gasteiger partial charge in [0.15, 0.2) is 5.52 Å². The SMILES string of the molecule is CCCCCOc1ccc(PC(=O)c2c(C)cccc2C)c(C)c1. The molecule has 0 saturated heterocycles. The van der Waals surface area contributed by atoms with Crippen molar-refractivity contribution in [1.82, 2.24) is 0 Å². The van der Waals surface area contributed by atoms with Crippen molar-refractivity contribution in [3.8, 4) is 5.75 Å². The quantitative estimate of drug-likeness (QED) is 0.479. The van der Waals surface area contributed by atoms with Gasteiger partial charge in [-0.25, -0.2) is 0 Å². The van der Waals surface area contributed by atoms with Crippen molar-refractivity contribution in [1.29, 1.82) is 0 Å². The van der Waals surface area contributed by atoms with Crippen LogP contribution in [0.4, 0.5) is 0 Å². The first kappa shape index (κ1) is 18.7. The maximum Gasteiger partial charge on any atom is 0.186 e. The Bertz CT molecular complexity index is 687. The standard InChI is InChI=1S/C21H27O2P/c1-5-6-7-13-23-18-11-12-19(17(4)14-18)24-21(22)20-15(2)9-8-10-16(20)3/h8-12,14,24H,5-7,13H2,1-4H3. The topological polar surface area (TPSA) is 26.3 Å². The van der Waals surface area contributed by atoms with Crippen molar-refractivity contribution in [3.05, 3.63) is 58.7 Å². The lowest BCUT2D eigenvalue weighted by Crippen LogP contribution is -2.08. The summed E-state index contributed by atoms with van der Waals surface area (Å²) in [5.41, 5.74) is 4.32. The molecule has 0 radical (unpaired) electrons. The van der Waals surface area contributed by atoms with Gasteiger partial charge in [0.25, 0.3) is 0 Å². The molecule has 0 fully saturated rings. The number of carbonyl (C=O) groups excluding carboxylic acids is 1. The highest BCUT2D eigenvalue weighted by Gasteiger charge is 2.14. The number of unbranched alkanes of at least 4 members (excludes halogenated alkanes) is 2. The van der Waals surface area contributed by atoms with Crippen LogP contribution in [0.3, 0.4) is 0 Å². The lowest BCUT2D eigenvalue weighted by atomic mass is 10.0. The van der Waals surface area contributed by atoms with E-state index >= 15 is 0 Å². The first-order chi connectivity index (χ1) is 11.5. The van der Waals surface area contributed by atoms with Gasteiger partial charge in [-0.3, -0.25) is 4.79 Å². The monoisotopic (exact) mass is 342 g/mol. The Morgan fingerprint density at radius 1 is 1.00 bits per heavy atom. The number of aryl methyl sites for hydroxylation is 3. The van der Waals surface area contributed by atoms with Crippen LogP contribution in [0.2, 0.25) is 0 Å². The predicted molar refractivity (Wildman–Crippen MR) is 104 cm³/mol. The van der Waals surface area contributed by atoms with Gasteiger partial charge in [-0.2, -0.15) is 0 Å². The van der Waals surface area contributed by atoms with E-state index in [0.29, 0.717) is 0 Å². The summed E-state index contributed by atoms with van der Waals surface area (Å²) in [6, 6.07) is 12.1. The molecule has 2 nitrogen and oxygen atoms in total. The molecule has 0 amide bonds. The fraction of sp³-hybridized carbons (Fsp3) is 0.381. The van der Waals surface area contributed by atoms with Crippen LogP contribution in [-0.2, 0) is 0 Å². The van der Waals surface area contributed by atoms with E-state index in [4.69, 9.17) is 4.74 Å². The molecule has 128 valence electrons. The highest BCUT2D eigenvalue weighted by atomic mass is 31.1. The minimum atomic E-state index is 0.152. The van der Waals surface area contributed by atoms with Crippen molar-refractivity contribution in [2.75, 3.05) is 6.61 Å². The molecule has 2 aromatic carbocycles. The van der Waals surface area contributed by atoms with E-state index in [1.165, 1.54) is 12.8 Å². The van der Waals surface area contributed by atoms with Gasteiger partial charge >= 0.3 is 0 Å². The van der Waals surface area contributed by atoms with Crippen LogP contribution >= 0.6 is 8.58 Å². The van der Waals surface area contributed by atoms with Gasteiger partial charge in [0.1, 0.15) is 5.75 Å². The van der Waals surface area contributed by atoms with Gasteiger partial charge in [-0.15, -0.1) is 0 Å². The maximum atomic E-state index is 12.7. The molecule has 0 bridgehead atoms. The van der Waals surface area contributed by atoms with Gasteiger partial charge in [-0.05, 0) is 69.9 Å². The molecule has 24 heavy (non-hydrogen) atoms. The summed E-state index contributed by atoms with van der Waals surface area (Å²) in [5, 5.41) is 1.10. The van der Waals surface area contributed by atoms with E-state index < -0.39 is 0 Å². The van der Waals surface area contributed by atoms with Crippen LogP contribution in [-0.4, -0.2) is 12.1 Å². The molecule has 0 aromatic heterocycles. The third-order valence-corrected chi connectivity index (χ3v) is 5.48. The molecule has 2 rings (SSSR count). The second-order valence-electron chi connectivity index (χ2n) is 6.25. The molecule has 3 heteroatoms. The maximum absolute atomic E-state index is 12.7. The summed E-state index contributed by atoms with van der Waals surface area (Å²) in [6.07, 6.45) is 3.48. The fourth-order valence-corrected chi connectivity index (χ4v) is 3.97. The van der Waals surface area contributed by atoms with Crippen molar-refractivity contribution in [2.45, 2.75) is 47.0 Å². The van der Waals surface area contributed by atoms with Crippen molar-refractivity contribution < 1.29 is 9.53 Å². The Morgan fingerprint density at radius 2 is 1.71 bits per heavy atom. The molecule has 0 aliphatic rings. The Balaban J connectivity index is 2.06. The largest absolute Gasteiger partial charge is 0.494 e. The third-order valence-electron chi connectivity index (χ3n) is 4.17. The number of benzene rings is 2. The van der Waals surface area contributed by atoms with Crippen molar-refractivity contribution in [3.63, 3.8) is 0 Å². The molecule has 0 spiro atoms. The number of hydrogen-bond donors (Lipinski definition) is 0. The molecule has 1 unspecified atom stereocenters. The molecule has 0 saturated carbocycles. The Kier molecular flexibility index (Phi) is 6.99. The average Bonchev–Trinajstić information content (AvgIpc) is 2.54. The van der Waals surface area contributed by atoms with E-state index in [1.54, 1.807) is 0 Å². The minimum Gasteiger partial charge on any atom is -0.494 e. The molecular formula is C21H27O2P. The van der Waals surface area contributed by atoms with Gasteiger partial charge in [0, 0.05) is 5.56 Å². The Hall–Kier alpha value is -1.66. The van der Waals surface area contributed by atoms with E-state index in [2.05, 4.69) is 13.8 Å². The normalized spacial score (nSPS) is 11.2. The second kappa shape index (κ2) is 8.99. The van der Waals surface area contributed by atoms with Crippen molar-refractivity contribution >= 4 is 19.4 Å². The number of carbonyl (C=O) groups is 1. The van der Waals surface area contributed by atoms with Crippen LogP contribution in [0.25, 0.3) is 0 Å². The lowest BCUT2D eigenvalue weighted by molar-refractivity contribution is 0.108. The summed E-state index contributed by atoms with van der Waals surface area (Å²) in [4.78, 5) is 12.7. The van der Waals surface area contributed by atoms with Crippen LogP contribution < -0.4 is 10.0 Å². The number of hydrogen-bond acceptors (Lipinski definition) is 2. The van der Waals surface area contributed by atoms with Gasteiger partial charge < -0.3 is 4.74 Å². The van der Waals surface area contributed by atoms with Crippen LogP contribution in [0, 0.1) is 20.8 Å². The third kappa shape index (κ3) is 4.92. The average molecular weight is 342 g/mol. The molecule has 0 aliphatic heterocycles. The Labute approximate surface area is 147 Å². The number of rotatable bonds is 8. The molecule has 1 atom stereocenters. The van der Waals surface area contributed by atoms with Gasteiger partial charge in [0.05, 0.1) is 6.61 Å². The lowest BCUT2D eigenvalue weighted by Gasteiger charge is -2.12. The fourth-order valence-electron chi connectivity index (χ4n) is 2.77. The summed E-state index contributed by atoms with van der Waals surface area (Å²) >= 11 is 0. The highest BCUT2D eigenvalue weighted by Crippen LogP contribution is 2.26. The Morgan fingerprint density at radius 3 is 2.33 bits per heavy atom. The van der Waals surface area contributed by atoms with Crippen LogP contribution in [0.15, 0.2) is 36.4 Å². The second-order valence-corrected chi connectivity index (χ2v) is 7.50. The number of ether oxygens (including phenoxy) is 1. The minimum absolute atomic E-state index is 0.152. The van der Waals surface area contributed by atoms with E-state index in [0.717, 1.165) is 46.3 Å². The zero-order chi connectivity index (χ0) is 17.5. The van der Waals surface area contributed by atoms with Crippen LogP contribution in [0.5, 0.6) is 5.75 Å². The van der Waals surface area contributed by atoms with Crippen LogP contribution in [0.1, 0.15) is 53.2 Å². The molecule has 0 N–H and O–H groups in total. The molecular weight excluding hydrogens is 315 g/mol. The molecule has 0 heterocycles. The summed E-state index contributed by atoms with van der Waals surface area (Å²) in [5.74, 6) is 0.900. The zero-order valence-electron chi connectivity index (χ0n) is 15.1.